The normalized spacial score (nSPS) is 15.8. The van der Waals surface area contributed by atoms with E-state index >= 15 is 0 Å². The Hall–Kier alpha value is -3.23. The number of anilines is 1. The zero-order valence-corrected chi connectivity index (χ0v) is 16.4. The lowest BCUT2D eigenvalue weighted by Gasteiger charge is -2.18. The van der Waals surface area contributed by atoms with Crippen molar-refractivity contribution in [3.05, 3.63) is 59.0 Å². The standard InChI is InChI=1S/C21H20F3N3O3/c1-3-30-20(28)17-11-27-10-12(21(22,23)24)9-16(19(27)26-17)25-15-8-7-14-13(15)5-4-6-18(14)29-2/h4-6,9-11,15,25H,3,7-8H2,1-2H3/t15-/m1/s1. The van der Waals surface area contributed by atoms with Gasteiger partial charge >= 0.3 is 12.1 Å². The van der Waals surface area contributed by atoms with Crippen LogP contribution in [0.25, 0.3) is 5.65 Å². The highest BCUT2D eigenvalue weighted by molar-refractivity contribution is 5.89. The third-order valence-corrected chi connectivity index (χ3v) is 5.14. The predicted octanol–water partition coefficient (Wildman–Crippen LogP) is 4.64. The molecule has 0 amide bonds. The van der Waals surface area contributed by atoms with Gasteiger partial charge in [0.25, 0.3) is 0 Å². The molecule has 0 radical (unpaired) electrons. The number of hydrogen-bond donors (Lipinski definition) is 1. The Balaban J connectivity index is 1.77. The smallest absolute Gasteiger partial charge is 0.417 e. The molecule has 0 saturated heterocycles. The predicted molar refractivity (Wildman–Crippen MR) is 104 cm³/mol. The number of hydrogen-bond acceptors (Lipinski definition) is 5. The number of carbonyl (C=O) groups excluding carboxylic acids is 1. The van der Waals surface area contributed by atoms with E-state index in [4.69, 9.17) is 9.47 Å². The maximum atomic E-state index is 13.5. The number of esters is 1. The first-order valence-corrected chi connectivity index (χ1v) is 9.51. The number of alkyl halides is 3. The second kappa shape index (κ2) is 7.55. The minimum atomic E-state index is -4.55. The fourth-order valence-electron chi connectivity index (χ4n) is 3.81. The molecule has 0 unspecified atom stereocenters. The summed E-state index contributed by atoms with van der Waals surface area (Å²) in [6, 6.07) is 6.47. The molecule has 1 aromatic carbocycles. The minimum absolute atomic E-state index is 0.0484. The van der Waals surface area contributed by atoms with E-state index in [0.717, 1.165) is 35.6 Å². The summed E-state index contributed by atoms with van der Waals surface area (Å²) in [5.74, 6) is 0.0769. The molecule has 6 nitrogen and oxygen atoms in total. The number of carbonyl (C=O) groups is 1. The molecule has 2 aromatic heterocycles. The Morgan fingerprint density at radius 1 is 1.33 bits per heavy atom. The van der Waals surface area contributed by atoms with Crippen LogP contribution in [0.5, 0.6) is 5.75 Å². The first-order chi connectivity index (χ1) is 14.3. The highest BCUT2D eigenvalue weighted by atomic mass is 19.4. The second-order valence-corrected chi connectivity index (χ2v) is 6.98. The molecule has 3 aromatic rings. The van der Waals surface area contributed by atoms with Crippen molar-refractivity contribution in [2.75, 3.05) is 19.0 Å². The van der Waals surface area contributed by atoms with Gasteiger partial charge in [0, 0.05) is 12.4 Å². The molecule has 1 aliphatic rings. The van der Waals surface area contributed by atoms with Crippen LogP contribution < -0.4 is 10.1 Å². The Morgan fingerprint density at radius 3 is 2.83 bits per heavy atom. The minimum Gasteiger partial charge on any atom is -0.496 e. The molecular weight excluding hydrogens is 399 g/mol. The van der Waals surface area contributed by atoms with Crippen LogP contribution in [-0.2, 0) is 17.3 Å². The molecule has 1 N–H and O–H groups in total. The van der Waals surface area contributed by atoms with Crippen molar-refractivity contribution in [1.29, 1.82) is 0 Å². The van der Waals surface area contributed by atoms with Gasteiger partial charge < -0.3 is 19.2 Å². The van der Waals surface area contributed by atoms with Gasteiger partial charge in [0.1, 0.15) is 5.75 Å². The van der Waals surface area contributed by atoms with Gasteiger partial charge in [-0.25, -0.2) is 9.78 Å². The lowest BCUT2D eigenvalue weighted by atomic mass is 10.1. The number of ether oxygens (including phenoxy) is 2. The maximum Gasteiger partial charge on any atom is 0.417 e. The number of halogens is 3. The quantitative estimate of drug-likeness (QED) is 0.611. The summed E-state index contributed by atoms with van der Waals surface area (Å²) in [7, 11) is 1.59. The Kier molecular flexibility index (Phi) is 5.05. The SMILES string of the molecule is CCOC(=O)c1cn2cc(C(F)(F)F)cc(N[C@@H]3CCc4c(OC)cccc43)c2n1. The fraction of sp³-hybridized carbons (Fsp3) is 0.333. The van der Waals surface area contributed by atoms with Crippen LogP contribution in [0, 0.1) is 0 Å². The lowest BCUT2D eigenvalue weighted by Crippen LogP contribution is -2.12. The van der Waals surface area contributed by atoms with Crippen LogP contribution in [-0.4, -0.2) is 29.1 Å². The molecule has 1 aliphatic carbocycles. The van der Waals surface area contributed by atoms with Gasteiger partial charge in [-0.1, -0.05) is 12.1 Å². The van der Waals surface area contributed by atoms with Gasteiger partial charge in [0.2, 0.25) is 0 Å². The van der Waals surface area contributed by atoms with E-state index in [1.54, 1.807) is 14.0 Å². The number of nitrogens with zero attached hydrogens (tertiary/aromatic N) is 2. The van der Waals surface area contributed by atoms with E-state index in [1.807, 2.05) is 18.2 Å². The van der Waals surface area contributed by atoms with Gasteiger partial charge in [-0.05, 0) is 43.0 Å². The number of methoxy groups -OCH3 is 1. The van der Waals surface area contributed by atoms with Crippen molar-refractivity contribution in [1.82, 2.24) is 9.38 Å². The average Bonchev–Trinajstić information content (AvgIpc) is 3.32. The molecule has 0 bridgehead atoms. The zero-order chi connectivity index (χ0) is 21.5. The Morgan fingerprint density at radius 2 is 2.13 bits per heavy atom. The molecule has 2 heterocycles. The summed E-state index contributed by atoms with van der Waals surface area (Å²) >= 11 is 0. The summed E-state index contributed by atoms with van der Waals surface area (Å²) in [5.41, 5.74) is 1.54. The van der Waals surface area contributed by atoms with Crippen molar-refractivity contribution < 1.29 is 27.4 Å². The second-order valence-electron chi connectivity index (χ2n) is 6.98. The van der Waals surface area contributed by atoms with E-state index < -0.39 is 17.7 Å². The Labute approximate surface area is 170 Å². The number of rotatable bonds is 5. The summed E-state index contributed by atoms with van der Waals surface area (Å²) in [6.45, 7) is 1.79. The van der Waals surface area contributed by atoms with Gasteiger partial charge in [-0.3, -0.25) is 0 Å². The van der Waals surface area contributed by atoms with Gasteiger partial charge in [-0.15, -0.1) is 0 Å². The molecule has 1 atom stereocenters. The fourth-order valence-corrected chi connectivity index (χ4v) is 3.81. The molecule has 0 saturated carbocycles. The lowest BCUT2D eigenvalue weighted by molar-refractivity contribution is -0.137. The number of fused-ring (bicyclic) bond motifs is 2. The van der Waals surface area contributed by atoms with Crippen molar-refractivity contribution in [3.8, 4) is 5.75 Å². The first kappa shape index (κ1) is 20.1. The molecule has 0 fully saturated rings. The topological polar surface area (TPSA) is 64.9 Å². The third kappa shape index (κ3) is 3.55. The van der Waals surface area contributed by atoms with Crippen LogP contribution in [0.2, 0.25) is 0 Å². The molecule has 4 rings (SSSR count). The number of nitrogens with one attached hydrogen (secondary N) is 1. The van der Waals surface area contributed by atoms with Crippen LogP contribution in [0.1, 0.15) is 46.6 Å². The van der Waals surface area contributed by atoms with Gasteiger partial charge in [-0.2, -0.15) is 13.2 Å². The van der Waals surface area contributed by atoms with Crippen LogP contribution in [0.4, 0.5) is 18.9 Å². The number of pyridine rings is 1. The molecule has 30 heavy (non-hydrogen) atoms. The third-order valence-electron chi connectivity index (χ3n) is 5.14. The monoisotopic (exact) mass is 419 g/mol. The van der Waals surface area contributed by atoms with E-state index in [2.05, 4.69) is 10.3 Å². The van der Waals surface area contributed by atoms with Crippen LogP contribution in [0.3, 0.4) is 0 Å². The van der Waals surface area contributed by atoms with Crippen molar-refractivity contribution in [2.45, 2.75) is 32.0 Å². The highest BCUT2D eigenvalue weighted by Crippen LogP contribution is 2.40. The van der Waals surface area contributed by atoms with Crippen molar-refractivity contribution in [2.24, 2.45) is 0 Å². The summed E-state index contributed by atoms with van der Waals surface area (Å²) in [4.78, 5) is 16.3. The van der Waals surface area contributed by atoms with Crippen molar-refractivity contribution >= 4 is 17.3 Å². The van der Waals surface area contributed by atoms with Crippen LogP contribution in [0.15, 0.2) is 36.7 Å². The first-order valence-electron chi connectivity index (χ1n) is 9.51. The van der Waals surface area contributed by atoms with Crippen LogP contribution >= 0.6 is 0 Å². The highest BCUT2D eigenvalue weighted by Gasteiger charge is 2.33. The largest absolute Gasteiger partial charge is 0.496 e. The molecule has 0 aliphatic heterocycles. The average molecular weight is 419 g/mol. The van der Waals surface area contributed by atoms with Gasteiger partial charge in [0.05, 0.1) is 31.0 Å². The maximum absolute atomic E-state index is 13.5. The Bertz CT molecular complexity index is 1110. The summed E-state index contributed by atoms with van der Waals surface area (Å²) in [5, 5.41) is 3.20. The number of benzene rings is 1. The van der Waals surface area contributed by atoms with E-state index in [0.29, 0.717) is 6.42 Å². The summed E-state index contributed by atoms with van der Waals surface area (Å²) < 4.78 is 51.9. The molecule has 9 heteroatoms. The van der Waals surface area contributed by atoms with E-state index in [9.17, 15) is 18.0 Å². The van der Waals surface area contributed by atoms with E-state index in [-0.39, 0.29) is 29.7 Å². The summed E-state index contributed by atoms with van der Waals surface area (Å²) in [6.07, 6.45) is -0.935. The zero-order valence-electron chi connectivity index (χ0n) is 16.4. The molecule has 0 spiro atoms. The number of imidazole rings is 1. The number of aromatic nitrogens is 2. The van der Waals surface area contributed by atoms with Gasteiger partial charge in [0.15, 0.2) is 11.3 Å². The van der Waals surface area contributed by atoms with E-state index in [1.165, 1.54) is 10.6 Å². The molecular formula is C21H20F3N3O3. The van der Waals surface area contributed by atoms with Crippen molar-refractivity contribution in [3.63, 3.8) is 0 Å². The molecule has 158 valence electrons.